The van der Waals surface area contributed by atoms with Crippen molar-refractivity contribution in [3.05, 3.63) is 58.6 Å². The van der Waals surface area contributed by atoms with E-state index in [9.17, 15) is 14.4 Å². The molecule has 3 rings (SSSR count). The lowest BCUT2D eigenvalue weighted by Gasteiger charge is -2.34. The number of anilines is 1. The number of carbonyl (C=O) groups excluding carboxylic acids is 3. The van der Waals surface area contributed by atoms with Crippen LogP contribution in [0.2, 0.25) is 5.02 Å². The minimum atomic E-state index is -0.140. The molecular formula is C23H26ClN3O4. The molecule has 1 fully saturated rings. The van der Waals surface area contributed by atoms with Crippen molar-refractivity contribution in [2.45, 2.75) is 13.3 Å². The van der Waals surface area contributed by atoms with Crippen LogP contribution in [0.5, 0.6) is 5.75 Å². The Morgan fingerprint density at radius 2 is 1.77 bits per heavy atom. The van der Waals surface area contributed by atoms with E-state index in [1.165, 1.54) is 6.92 Å². The van der Waals surface area contributed by atoms with Crippen LogP contribution in [-0.4, -0.2) is 67.2 Å². The van der Waals surface area contributed by atoms with Gasteiger partial charge in [-0.2, -0.15) is 0 Å². The van der Waals surface area contributed by atoms with Gasteiger partial charge in [-0.1, -0.05) is 23.7 Å². The molecule has 1 aliphatic heterocycles. The molecule has 0 unspecified atom stereocenters. The van der Waals surface area contributed by atoms with E-state index in [4.69, 9.17) is 16.3 Å². The molecular weight excluding hydrogens is 418 g/mol. The van der Waals surface area contributed by atoms with Crippen LogP contribution in [0.25, 0.3) is 0 Å². The third-order valence-electron chi connectivity index (χ3n) is 5.27. The van der Waals surface area contributed by atoms with E-state index in [-0.39, 0.29) is 30.6 Å². The normalized spacial score (nSPS) is 14.2. The first kappa shape index (κ1) is 22.8. The summed E-state index contributed by atoms with van der Waals surface area (Å²) in [5.41, 5.74) is 1.84. The molecule has 0 atom stereocenters. The Balaban J connectivity index is 1.52. The highest BCUT2D eigenvalue weighted by Gasteiger charge is 2.23. The number of ether oxygens (including phenoxy) is 1. The monoisotopic (exact) mass is 443 g/mol. The topological polar surface area (TPSA) is 79.0 Å². The Bertz CT molecular complexity index is 971. The SMILES string of the molecule is COc1ccc(C(C)=O)cc1CC(=O)N1CCN(CC(=O)Nc2ccccc2Cl)CC1. The van der Waals surface area contributed by atoms with Gasteiger partial charge in [0, 0.05) is 37.3 Å². The first-order valence-corrected chi connectivity index (χ1v) is 10.5. The maximum atomic E-state index is 12.8. The van der Waals surface area contributed by atoms with Gasteiger partial charge < -0.3 is 15.0 Å². The molecule has 0 radical (unpaired) electrons. The summed E-state index contributed by atoms with van der Waals surface area (Å²) < 4.78 is 5.34. The minimum Gasteiger partial charge on any atom is -0.496 e. The number of carbonyl (C=O) groups is 3. The van der Waals surface area contributed by atoms with Gasteiger partial charge in [0.2, 0.25) is 11.8 Å². The summed E-state index contributed by atoms with van der Waals surface area (Å²) in [6, 6.07) is 12.2. The van der Waals surface area contributed by atoms with Crippen molar-refractivity contribution in [1.82, 2.24) is 9.80 Å². The highest BCUT2D eigenvalue weighted by atomic mass is 35.5. The highest BCUT2D eigenvalue weighted by molar-refractivity contribution is 6.33. The quantitative estimate of drug-likeness (QED) is 0.666. The van der Waals surface area contributed by atoms with Crippen LogP contribution in [-0.2, 0) is 16.0 Å². The van der Waals surface area contributed by atoms with Gasteiger partial charge in [0.1, 0.15) is 5.75 Å². The van der Waals surface area contributed by atoms with Crippen LogP contribution in [0.3, 0.4) is 0 Å². The van der Waals surface area contributed by atoms with E-state index in [1.54, 1.807) is 48.4 Å². The summed E-state index contributed by atoms with van der Waals surface area (Å²) in [6.07, 6.45) is 0.164. The van der Waals surface area contributed by atoms with Crippen molar-refractivity contribution >= 4 is 34.9 Å². The molecule has 2 amide bonds. The first-order valence-electron chi connectivity index (χ1n) is 10.1. The van der Waals surface area contributed by atoms with Crippen LogP contribution >= 0.6 is 11.6 Å². The second kappa shape index (κ2) is 10.4. The van der Waals surface area contributed by atoms with Crippen molar-refractivity contribution in [3.63, 3.8) is 0 Å². The van der Waals surface area contributed by atoms with Gasteiger partial charge in [-0.25, -0.2) is 0 Å². The van der Waals surface area contributed by atoms with Crippen molar-refractivity contribution in [3.8, 4) is 5.75 Å². The van der Waals surface area contributed by atoms with Gasteiger partial charge >= 0.3 is 0 Å². The van der Waals surface area contributed by atoms with Gasteiger partial charge in [0.25, 0.3) is 0 Å². The number of Topliss-reactive ketones (excluding diaryl/α,β-unsaturated/α-hetero) is 1. The van der Waals surface area contributed by atoms with Gasteiger partial charge in [-0.05, 0) is 37.3 Å². The predicted molar refractivity (Wildman–Crippen MR) is 120 cm³/mol. The molecule has 0 bridgehead atoms. The maximum absolute atomic E-state index is 12.8. The Kier molecular flexibility index (Phi) is 7.65. The van der Waals surface area contributed by atoms with Gasteiger partial charge in [-0.15, -0.1) is 0 Å². The number of nitrogens with zero attached hydrogens (tertiary/aromatic N) is 2. The zero-order valence-electron chi connectivity index (χ0n) is 17.7. The molecule has 1 saturated heterocycles. The van der Waals surface area contributed by atoms with E-state index >= 15 is 0 Å². The summed E-state index contributed by atoms with van der Waals surface area (Å²) in [5.74, 6) is 0.367. The second-order valence-electron chi connectivity index (χ2n) is 7.44. The average molecular weight is 444 g/mol. The minimum absolute atomic E-state index is 0.0285. The maximum Gasteiger partial charge on any atom is 0.238 e. The molecule has 0 saturated carbocycles. The predicted octanol–water partition coefficient (Wildman–Crippen LogP) is 2.88. The molecule has 8 heteroatoms. The lowest BCUT2D eigenvalue weighted by molar-refractivity contribution is -0.132. The number of halogens is 1. The number of hydrogen-bond donors (Lipinski definition) is 1. The zero-order valence-corrected chi connectivity index (χ0v) is 18.4. The average Bonchev–Trinajstić information content (AvgIpc) is 2.75. The molecule has 1 heterocycles. The van der Waals surface area contributed by atoms with Crippen molar-refractivity contribution in [2.24, 2.45) is 0 Å². The lowest BCUT2D eigenvalue weighted by atomic mass is 10.0. The number of nitrogens with one attached hydrogen (secondary N) is 1. The number of ketones is 1. The number of methoxy groups -OCH3 is 1. The van der Waals surface area contributed by atoms with Crippen LogP contribution in [0.15, 0.2) is 42.5 Å². The van der Waals surface area contributed by atoms with Crippen LogP contribution < -0.4 is 10.1 Å². The molecule has 31 heavy (non-hydrogen) atoms. The molecule has 0 spiro atoms. The van der Waals surface area contributed by atoms with E-state index in [2.05, 4.69) is 5.32 Å². The number of hydrogen-bond acceptors (Lipinski definition) is 5. The number of rotatable bonds is 7. The van der Waals surface area contributed by atoms with Crippen molar-refractivity contribution < 1.29 is 19.1 Å². The standard InChI is InChI=1S/C23H26ClN3O4/c1-16(28)17-7-8-21(31-2)18(13-17)14-23(30)27-11-9-26(10-12-27)15-22(29)25-20-6-4-3-5-19(20)24/h3-8,13H,9-12,14-15H2,1-2H3,(H,25,29). The van der Waals surface area contributed by atoms with E-state index in [1.807, 2.05) is 11.0 Å². The van der Waals surface area contributed by atoms with Gasteiger partial charge in [0.05, 0.1) is 30.8 Å². The van der Waals surface area contributed by atoms with Crippen LogP contribution in [0, 0.1) is 0 Å². The van der Waals surface area contributed by atoms with E-state index in [0.29, 0.717) is 53.8 Å². The highest BCUT2D eigenvalue weighted by Crippen LogP contribution is 2.22. The fourth-order valence-corrected chi connectivity index (χ4v) is 3.70. The largest absolute Gasteiger partial charge is 0.496 e. The number of para-hydroxylation sites is 1. The molecule has 1 aliphatic rings. The molecule has 164 valence electrons. The first-order chi connectivity index (χ1) is 14.9. The fraction of sp³-hybridized carbons (Fsp3) is 0.348. The molecule has 2 aromatic carbocycles. The van der Waals surface area contributed by atoms with Crippen LogP contribution in [0.4, 0.5) is 5.69 Å². The van der Waals surface area contributed by atoms with Gasteiger partial charge in [-0.3, -0.25) is 19.3 Å². The molecule has 2 aromatic rings. The Labute approximate surface area is 186 Å². The van der Waals surface area contributed by atoms with E-state index < -0.39 is 0 Å². The number of amides is 2. The summed E-state index contributed by atoms with van der Waals surface area (Å²) in [4.78, 5) is 40.6. The lowest BCUT2D eigenvalue weighted by Crippen LogP contribution is -2.50. The van der Waals surface area contributed by atoms with Crippen LogP contribution in [0.1, 0.15) is 22.8 Å². The Morgan fingerprint density at radius 1 is 1.06 bits per heavy atom. The summed E-state index contributed by atoms with van der Waals surface area (Å²) in [6.45, 7) is 4.01. The number of piperazine rings is 1. The van der Waals surface area contributed by atoms with Gasteiger partial charge in [0.15, 0.2) is 5.78 Å². The molecule has 7 nitrogen and oxygen atoms in total. The van der Waals surface area contributed by atoms with E-state index in [0.717, 1.165) is 0 Å². The third-order valence-corrected chi connectivity index (χ3v) is 5.60. The van der Waals surface area contributed by atoms with Crippen molar-refractivity contribution in [1.29, 1.82) is 0 Å². The number of benzene rings is 2. The van der Waals surface area contributed by atoms with Crippen molar-refractivity contribution in [2.75, 3.05) is 45.2 Å². The Hall–Kier alpha value is -2.90. The molecule has 1 N–H and O–H groups in total. The molecule has 0 aliphatic carbocycles. The summed E-state index contributed by atoms with van der Waals surface area (Å²) >= 11 is 6.08. The summed E-state index contributed by atoms with van der Waals surface area (Å²) in [5, 5.41) is 3.31. The molecule has 0 aromatic heterocycles. The Morgan fingerprint density at radius 3 is 2.42 bits per heavy atom. The second-order valence-corrected chi connectivity index (χ2v) is 7.85. The smallest absolute Gasteiger partial charge is 0.238 e. The zero-order chi connectivity index (χ0) is 22.4. The third kappa shape index (κ3) is 6.06. The fourth-order valence-electron chi connectivity index (χ4n) is 3.52. The summed E-state index contributed by atoms with van der Waals surface area (Å²) in [7, 11) is 1.54.